The Balaban J connectivity index is 2.25. The van der Waals surface area contributed by atoms with E-state index in [0.29, 0.717) is 26.6 Å². The number of H-pyrrole nitrogens is 1. The van der Waals surface area contributed by atoms with Gasteiger partial charge in [-0.1, -0.05) is 40.5 Å². The highest BCUT2D eigenvalue weighted by Crippen LogP contribution is 2.27. The predicted molar refractivity (Wildman–Crippen MR) is 77.7 cm³/mol. The largest absolute Gasteiger partial charge is 0.272 e. The standard InChI is InChI=1S/C14H8Cl2FN3/c1-2-8-3-10(15)14(11(16)4-8)20-7-9-5-18-6-12(17)13(9)19-20/h2-7H,1H2/p+1. The van der Waals surface area contributed by atoms with E-state index < -0.39 is 5.82 Å². The van der Waals surface area contributed by atoms with E-state index in [0.717, 1.165) is 11.8 Å². The first-order valence-electron chi connectivity index (χ1n) is 5.76. The van der Waals surface area contributed by atoms with Gasteiger partial charge in [0.15, 0.2) is 5.82 Å². The van der Waals surface area contributed by atoms with Crippen LogP contribution in [-0.2, 0) is 0 Å². The van der Waals surface area contributed by atoms with E-state index in [9.17, 15) is 4.39 Å². The van der Waals surface area contributed by atoms with Gasteiger partial charge in [0.05, 0.1) is 11.6 Å². The van der Waals surface area contributed by atoms with Gasteiger partial charge in [0, 0.05) is 6.20 Å². The summed E-state index contributed by atoms with van der Waals surface area (Å²) in [5.41, 5.74) is 1.71. The first kappa shape index (κ1) is 13.1. The maximum atomic E-state index is 13.6. The molecule has 0 aliphatic heterocycles. The molecule has 0 atom stereocenters. The average molecular weight is 309 g/mol. The molecule has 0 unspecified atom stereocenters. The number of rotatable bonds is 2. The second-order valence-electron chi connectivity index (χ2n) is 4.23. The van der Waals surface area contributed by atoms with E-state index in [2.05, 4.69) is 16.7 Å². The van der Waals surface area contributed by atoms with Gasteiger partial charge in [0.25, 0.3) is 5.69 Å². The third kappa shape index (κ3) is 2.07. The van der Waals surface area contributed by atoms with Crippen LogP contribution in [0.5, 0.6) is 0 Å². The van der Waals surface area contributed by atoms with Gasteiger partial charge in [-0.25, -0.2) is 4.39 Å². The van der Waals surface area contributed by atoms with Crippen molar-refractivity contribution in [1.82, 2.24) is 10.1 Å². The first-order valence-corrected chi connectivity index (χ1v) is 6.51. The summed E-state index contributed by atoms with van der Waals surface area (Å²) in [7, 11) is 0. The van der Waals surface area contributed by atoms with Crippen molar-refractivity contribution in [2.45, 2.75) is 0 Å². The van der Waals surface area contributed by atoms with E-state index in [1.54, 1.807) is 35.3 Å². The number of nitrogens with zero attached hydrogens (tertiary/aromatic N) is 2. The van der Waals surface area contributed by atoms with Crippen LogP contribution in [0, 0.1) is 5.82 Å². The van der Waals surface area contributed by atoms with Crippen molar-refractivity contribution in [2.75, 3.05) is 0 Å². The zero-order chi connectivity index (χ0) is 14.3. The van der Waals surface area contributed by atoms with Crippen LogP contribution >= 0.6 is 23.2 Å². The summed E-state index contributed by atoms with van der Waals surface area (Å²) in [6.45, 7) is 3.67. The predicted octanol–water partition coefficient (Wildman–Crippen LogP) is 3.93. The molecule has 0 saturated heterocycles. The minimum absolute atomic E-state index is 0.347. The molecule has 100 valence electrons. The second-order valence-corrected chi connectivity index (χ2v) is 5.05. The van der Waals surface area contributed by atoms with Crippen LogP contribution in [-0.4, -0.2) is 10.1 Å². The Labute approximate surface area is 124 Å². The number of benzene rings is 1. The molecule has 0 bridgehead atoms. The minimum Gasteiger partial charge on any atom is -0.261 e. The van der Waals surface area contributed by atoms with Crippen LogP contribution in [0.1, 0.15) is 5.56 Å². The first-order chi connectivity index (χ1) is 9.60. The molecule has 0 aliphatic rings. The highest BCUT2D eigenvalue weighted by molar-refractivity contribution is 6.37. The lowest BCUT2D eigenvalue weighted by Crippen LogP contribution is -2.32. The fourth-order valence-electron chi connectivity index (χ4n) is 2.01. The molecule has 0 spiro atoms. The number of nitrogens with one attached hydrogen (secondary N) is 1. The number of aromatic nitrogens is 3. The molecular formula is C14H9Cl2FN3+. The molecule has 0 aliphatic carbocycles. The van der Waals surface area contributed by atoms with Crippen LogP contribution in [0.4, 0.5) is 4.39 Å². The van der Waals surface area contributed by atoms with Gasteiger partial charge in [0.1, 0.15) is 15.6 Å². The summed E-state index contributed by atoms with van der Waals surface area (Å²) in [6.07, 6.45) is 6.05. The molecule has 3 rings (SSSR count). The summed E-state index contributed by atoms with van der Waals surface area (Å²) >= 11 is 12.5. The highest BCUT2D eigenvalue weighted by atomic mass is 35.5. The van der Waals surface area contributed by atoms with Crippen molar-refractivity contribution in [3.05, 3.63) is 58.7 Å². The summed E-state index contributed by atoms with van der Waals surface area (Å²) in [4.78, 5) is 3.80. The summed E-state index contributed by atoms with van der Waals surface area (Å²) in [5.74, 6) is -0.434. The summed E-state index contributed by atoms with van der Waals surface area (Å²) in [6, 6.07) is 3.48. The number of pyridine rings is 1. The molecule has 0 saturated carbocycles. The summed E-state index contributed by atoms with van der Waals surface area (Å²) < 4.78 is 15.2. The van der Waals surface area contributed by atoms with E-state index in [-0.39, 0.29) is 0 Å². The fourth-order valence-corrected chi connectivity index (χ4v) is 2.70. The Bertz CT molecular complexity index is 803. The Morgan fingerprint density at radius 3 is 2.55 bits per heavy atom. The number of aromatic amines is 1. The second kappa shape index (κ2) is 4.89. The van der Waals surface area contributed by atoms with Crippen molar-refractivity contribution in [1.29, 1.82) is 0 Å². The van der Waals surface area contributed by atoms with E-state index >= 15 is 0 Å². The quantitative estimate of drug-likeness (QED) is 0.715. The van der Waals surface area contributed by atoms with E-state index in [1.807, 2.05) is 0 Å². The fraction of sp³-hybridized carbons (Fsp3) is 0. The molecule has 6 heteroatoms. The smallest absolute Gasteiger partial charge is 0.261 e. The Hall–Kier alpha value is -1.91. The normalized spacial score (nSPS) is 10.9. The number of fused-ring (bicyclic) bond motifs is 1. The van der Waals surface area contributed by atoms with Crippen LogP contribution in [0.15, 0.2) is 37.3 Å². The van der Waals surface area contributed by atoms with Gasteiger partial charge in [0.2, 0.25) is 6.20 Å². The van der Waals surface area contributed by atoms with Crippen molar-refractivity contribution in [2.24, 2.45) is 0 Å². The Kier molecular flexibility index (Phi) is 3.20. The Morgan fingerprint density at radius 2 is 1.95 bits per heavy atom. The molecule has 1 N–H and O–H groups in total. The number of hydrogen-bond acceptors (Lipinski definition) is 1. The van der Waals surface area contributed by atoms with Crippen LogP contribution in [0.2, 0.25) is 10.0 Å². The van der Waals surface area contributed by atoms with Crippen molar-refractivity contribution < 1.29 is 9.07 Å². The van der Waals surface area contributed by atoms with Gasteiger partial charge in [-0.05, 0) is 17.7 Å². The van der Waals surface area contributed by atoms with Gasteiger partial charge in [-0.2, -0.15) is 5.10 Å². The molecule has 2 heterocycles. The molecule has 1 aromatic carbocycles. The number of hydrogen-bond donors (Lipinski definition) is 1. The lowest BCUT2D eigenvalue weighted by atomic mass is 10.2. The topological polar surface area (TPSA) is 32.6 Å². The third-order valence-electron chi connectivity index (χ3n) is 2.95. The molecule has 2 aromatic heterocycles. The van der Waals surface area contributed by atoms with Gasteiger partial charge < -0.3 is 0 Å². The third-order valence-corrected chi connectivity index (χ3v) is 3.52. The lowest BCUT2D eigenvalue weighted by Gasteiger charge is -2.00. The molecule has 3 aromatic rings. The van der Waals surface area contributed by atoms with Crippen LogP contribution in [0.3, 0.4) is 0 Å². The van der Waals surface area contributed by atoms with Gasteiger partial charge in [-0.3, -0.25) is 4.98 Å². The van der Waals surface area contributed by atoms with Crippen molar-refractivity contribution in [3.63, 3.8) is 0 Å². The molecule has 0 fully saturated rings. The van der Waals surface area contributed by atoms with Crippen molar-refractivity contribution >= 4 is 40.2 Å². The zero-order valence-electron chi connectivity index (χ0n) is 10.2. The summed E-state index contributed by atoms with van der Waals surface area (Å²) in [5, 5.41) is 4.42. The average Bonchev–Trinajstić information content (AvgIpc) is 2.82. The van der Waals surface area contributed by atoms with Crippen LogP contribution < -0.4 is 4.68 Å². The number of halogens is 3. The van der Waals surface area contributed by atoms with Gasteiger partial charge in [-0.15, -0.1) is 0 Å². The minimum atomic E-state index is -0.434. The zero-order valence-corrected chi connectivity index (χ0v) is 11.7. The Morgan fingerprint density at radius 1 is 1.25 bits per heavy atom. The highest BCUT2D eigenvalue weighted by Gasteiger charge is 2.21. The molecule has 3 nitrogen and oxygen atoms in total. The van der Waals surface area contributed by atoms with Gasteiger partial charge >= 0.3 is 0 Å². The maximum Gasteiger partial charge on any atom is 0.272 e. The lowest BCUT2D eigenvalue weighted by molar-refractivity contribution is -0.652. The molecule has 0 amide bonds. The van der Waals surface area contributed by atoms with Crippen molar-refractivity contribution in [3.8, 4) is 5.69 Å². The van der Waals surface area contributed by atoms with E-state index in [1.165, 1.54) is 0 Å². The molecule has 0 radical (unpaired) electrons. The van der Waals surface area contributed by atoms with E-state index in [4.69, 9.17) is 23.2 Å². The molecule has 20 heavy (non-hydrogen) atoms. The maximum absolute atomic E-state index is 13.6. The SMILES string of the molecule is C=Cc1cc(Cl)c(-[n+]2cc3cncc(F)c3[nH]2)c(Cl)c1. The van der Waals surface area contributed by atoms with Crippen LogP contribution in [0.25, 0.3) is 22.7 Å². The molecular weight excluding hydrogens is 300 g/mol. The monoisotopic (exact) mass is 308 g/mol.